The van der Waals surface area contributed by atoms with Crippen LogP contribution in [0.1, 0.15) is 128 Å². The largest absolute Gasteiger partial charge is 0.354 e. The summed E-state index contributed by atoms with van der Waals surface area (Å²) in [6, 6.07) is 45.0. The van der Waals surface area contributed by atoms with E-state index in [2.05, 4.69) is 239 Å². The molecule has 0 amide bonds. The Kier molecular flexibility index (Phi) is 10.4. The van der Waals surface area contributed by atoms with Crippen LogP contribution in [-0.4, -0.2) is 19.9 Å². The maximum absolute atomic E-state index is 5.56. The van der Waals surface area contributed by atoms with Gasteiger partial charge in [0.15, 0.2) is 0 Å². The van der Waals surface area contributed by atoms with E-state index in [9.17, 15) is 0 Å². The van der Waals surface area contributed by atoms with Gasteiger partial charge in [-0.2, -0.15) is 0 Å². The van der Waals surface area contributed by atoms with Crippen LogP contribution in [-0.2, 0) is 21.7 Å². The Bertz CT molecular complexity index is 2700. The minimum absolute atomic E-state index is 0.0290. The van der Waals surface area contributed by atoms with E-state index in [1.54, 1.807) is 0 Å². The lowest BCUT2D eigenvalue weighted by molar-refractivity contribution is 0.590. The van der Waals surface area contributed by atoms with Crippen molar-refractivity contribution in [3.8, 4) is 44.5 Å². The summed E-state index contributed by atoms with van der Waals surface area (Å²) in [6.07, 6.45) is 8.73. The maximum Gasteiger partial charge on any atom is 0.0737 e. The highest BCUT2D eigenvalue weighted by molar-refractivity contribution is 6.00. The van der Waals surface area contributed by atoms with E-state index in [0.29, 0.717) is 0 Å². The van der Waals surface area contributed by atoms with Crippen molar-refractivity contribution in [1.29, 1.82) is 0 Å². The summed E-state index contributed by atoms with van der Waals surface area (Å²) in [5.41, 5.74) is 21.5. The molecule has 0 saturated carbocycles. The van der Waals surface area contributed by atoms with Gasteiger partial charge in [-0.15, -0.1) is 0 Å². The Morgan fingerprint density at radius 1 is 0.266 bits per heavy atom. The third kappa shape index (κ3) is 8.23. The molecule has 2 aliphatic heterocycles. The molecule has 64 heavy (non-hydrogen) atoms. The molecule has 3 aromatic heterocycles. The maximum atomic E-state index is 5.56. The smallest absolute Gasteiger partial charge is 0.0737 e. The quantitative estimate of drug-likeness (QED) is 0.185. The molecule has 4 aromatic carbocycles. The fourth-order valence-corrected chi connectivity index (χ4v) is 8.97. The summed E-state index contributed by atoms with van der Waals surface area (Å²) in [4.78, 5) is 19.0. The molecule has 4 heteroatoms. The lowest BCUT2D eigenvalue weighted by Crippen LogP contribution is -2.10. The lowest BCUT2D eigenvalue weighted by Gasteiger charge is -2.19. The Hall–Kier alpha value is -6.52. The first-order valence-corrected chi connectivity index (χ1v) is 22.8. The third-order valence-electron chi connectivity index (χ3n) is 12.9. The van der Waals surface area contributed by atoms with Crippen molar-refractivity contribution in [2.45, 2.75) is 105 Å². The van der Waals surface area contributed by atoms with Gasteiger partial charge >= 0.3 is 0 Å². The molecule has 0 atom stereocenters. The number of aromatic nitrogens is 4. The highest BCUT2D eigenvalue weighted by atomic mass is 14.8. The van der Waals surface area contributed by atoms with Crippen molar-refractivity contribution < 1.29 is 0 Å². The normalized spacial score (nSPS) is 13.2. The predicted molar refractivity (Wildman–Crippen MR) is 275 cm³/mol. The molecule has 2 N–H and O–H groups in total. The molecule has 0 unspecified atom stereocenters. The minimum Gasteiger partial charge on any atom is -0.354 e. The van der Waals surface area contributed by atoms with Gasteiger partial charge in [-0.25, -0.2) is 9.97 Å². The lowest BCUT2D eigenvalue weighted by atomic mass is 9.86. The van der Waals surface area contributed by atoms with Crippen molar-refractivity contribution in [2.75, 3.05) is 0 Å². The minimum atomic E-state index is 0.0290. The fourth-order valence-electron chi connectivity index (χ4n) is 8.97. The molecule has 9 rings (SSSR count). The molecular weight excluding hydrogens is 777 g/mol. The molecule has 0 radical (unpaired) electrons. The van der Waals surface area contributed by atoms with E-state index in [4.69, 9.17) is 9.97 Å². The average molecular weight is 839 g/mol. The van der Waals surface area contributed by atoms with Crippen molar-refractivity contribution in [3.05, 3.63) is 166 Å². The summed E-state index contributed by atoms with van der Waals surface area (Å²) in [5, 5.41) is 0. The number of hydrogen-bond donors (Lipinski definition) is 2. The second kappa shape index (κ2) is 15.6. The van der Waals surface area contributed by atoms with Gasteiger partial charge in [0, 0.05) is 44.3 Å². The number of benzene rings is 4. The first-order valence-electron chi connectivity index (χ1n) is 22.8. The monoisotopic (exact) mass is 838 g/mol. The second-order valence-corrected chi connectivity index (χ2v) is 21.8. The zero-order chi connectivity index (χ0) is 45.3. The number of H-pyrrole nitrogens is 2. The van der Waals surface area contributed by atoms with E-state index < -0.39 is 0 Å². The molecule has 7 aromatic rings. The molecule has 322 valence electrons. The highest BCUT2D eigenvalue weighted by Gasteiger charge is 2.22. The number of nitrogens with zero attached hydrogens (tertiary/aromatic N) is 2. The summed E-state index contributed by atoms with van der Waals surface area (Å²) in [6.45, 7) is 27.2. The summed E-state index contributed by atoms with van der Waals surface area (Å²) in [5.74, 6) is 0. The van der Waals surface area contributed by atoms with Gasteiger partial charge < -0.3 is 9.97 Å². The van der Waals surface area contributed by atoms with Crippen molar-refractivity contribution in [1.82, 2.24) is 19.9 Å². The van der Waals surface area contributed by atoms with Crippen molar-refractivity contribution in [3.63, 3.8) is 0 Å². The van der Waals surface area contributed by atoms with E-state index >= 15 is 0 Å². The SMILES string of the molecule is CC(C)(C)c1ccc(-c2c3nc(c(-c4ccc(C(C)(C)C)cc4)c4ccc([nH]4)c(-c4ccc(C(C)(C)C)cc4)c4nc(c(-c5ccc(C(C)(C)C)cc5)c5ccc2[nH]5)C=C4)C=C3)cc1. The van der Waals surface area contributed by atoms with Gasteiger partial charge in [0.2, 0.25) is 0 Å². The third-order valence-corrected chi connectivity index (χ3v) is 12.9. The Morgan fingerprint density at radius 2 is 0.453 bits per heavy atom. The molecule has 8 bridgehead atoms. The van der Waals surface area contributed by atoms with Gasteiger partial charge in [0.05, 0.1) is 22.8 Å². The Balaban J connectivity index is 1.42. The van der Waals surface area contributed by atoms with Crippen LogP contribution in [0.25, 0.3) is 90.9 Å². The van der Waals surface area contributed by atoms with Crippen LogP contribution < -0.4 is 0 Å². The van der Waals surface area contributed by atoms with Crippen LogP contribution >= 0.6 is 0 Å². The summed E-state index contributed by atoms with van der Waals surface area (Å²) in [7, 11) is 0. The first-order chi connectivity index (χ1) is 30.2. The number of hydrogen-bond acceptors (Lipinski definition) is 2. The van der Waals surface area contributed by atoms with Gasteiger partial charge in [0.1, 0.15) is 0 Å². The second-order valence-electron chi connectivity index (χ2n) is 21.8. The molecule has 0 aliphatic carbocycles. The standard InChI is InChI=1S/C60H62N4/c1-57(2,3)41-21-13-37(14-22-41)53-45-29-31-47(61-45)54(38-15-23-42(24-16-38)58(4,5)6)49-33-35-51(63-49)56(40-19-27-44(28-20-40)60(10,11)12)52-36-34-50(64-52)55(48-32-30-46(53)62-48)39-17-25-43(26-18-39)59(7,8)9/h13-36,61,64H,1-12H3. The fraction of sp³-hybridized carbons (Fsp3) is 0.267. The molecule has 0 spiro atoms. The van der Waals surface area contributed by atoms with Gasteiger partial charge in [-0.1, -0.05) is 180 Å². The van der Waals surface area contributed by atoms with Crippen molar-refractivity contribution >= 4 is 46.4 Å². The molecule has 0 fully saturated rings. The number of rotatable bonds is 4. The van der Waals surface area contributed by atoms with Gasteiger partial charge in [0.25, 0.3) is 0 Å². The Labute approximate surface area is 380 Å². The molecule has 2 aliphatic rings. The molecule has 0 saturated heterocycles. The average Bonchev–Trinajstić information content (AvgIpc) is 4.08. The topological polar surface area (TPSA) is 57.4 Å². The van der Waals surface area contributed by atoms with Gasteiger partial charge in [-0.3, -0.25) is 0 Å². The van der Waals surface area contributed by atoms with Crippen LogP contribution in [0, 0.1) is 0 Å². The van der Waals surface area contributed by atoms with Crippen LogP contribution in [0.2, 0.25) is 0 Å². The van der Waals surface area contributed by atoms with Gasteiger partial charge in [-0.05, 0) is 115 Å². The molecule has 5 heterocycles. The van der Waals surface area contributed by atoms with Crippen LogP contribution in [0.3, 0.4) is 0 Å². The van der Waals surface area contributed by atoms with Crippen LogP contribution in [0.5, 0.6) is 0 Å². The zero-order valence-electron chi connectivity index (χ0n) is 39.8. The number of nitrogens with one attached hydrogen (secondary N) is 2. The van der Waals surface area contributed by atoms with Crippen molar-refractivity contribution in [2.24, 2.45) is 0 Å². The van der Waals surface area contributed by atoms with Crippen LogP contribution in [0.15, 0.2) is 121 Å². The number of aromatic amines is 2. The van der Waals surface area contributed by atoms with E-state index in [1.807, 2.05) is 0 Å². The predicted octanol–water partition coefficient (Wildman–Crippen LogP) is 16.5. The summed E-state index contributed by atoms with van der Waals surface area (Å²) >= 11 is 0. The summed E-state index contributed by atoms with van der Waals surface area (Å²) < 4.78 is 0. The Morgan fingerprint density at radius 3 is 0.625 bits per heavy atom. The highest BCUT2D eigenvalue weighted by Crippen LogP contribution is 2.40. The van der Waals surface area contributed by atoms with Crippen LogP contribution in [0.4, 0.5) is 0 Å². The number of fused-ring (bicyclic) bond motifs is 8. The van der Waals surface area contributed by atoms with E-state index in [1.165, 1.54) is 22.3 Å². The molecular formula is C60H62N4. The molecule has 4 nitrogen and oxygen atoms in total. The zero-order valence-corrected chi connectivity index (χ0v) is 39.8. The van der Waals surface area contributed by atoms with E-state index in [-0.39, 0.29) is 21.7 Å². The van der Waals surface area contributed by atoms with E-state index in [0.717, 1.165) is 89.4 Å². The first kappa shape index (κ1) is 42.8.